The molecular formula is C25H28N4O. The molecule has 0 atom stereocenters. The minimum Gasteiger partial charge on any atom is -0.386 e. The van der Waals surface area contributed by atoms with Gasteiger partial charge in [-0.1, -0.05) is 18.2 Å². The fourth-order valence-corrected chi connectivity index (χ4v) is 3.80. The first-order valence-corrected chi connectivity index (χ1v) is 10.3. The maximum Gasteiger partial charge on any atom is 0.0860 e. The van der Waals surface area contributed by atoms with Crippen molar-refractivity contribution in [3.63, 3.8) is 0 Å². The van der Waals surface area contributed by atoms with Crippen LogP contribution in [0.25, 0.3) is 10.9 Å². The molecule has 0 saturated carbocycles. The lowest BCUT2D eigenvalue weighted by Gasteiger charge is -2.18. The van der Waals surface area contributed by atoms with Crippen molar-refractivity contribution in [3.05, 3.63) is 83.8 Å². The zero-order chi connectivity index (χ0) is 21.1. The molecule has 5 heteroatoms. The van der Waals surface area contributed by atoms with E-state index >= 15 is 0 Å². The first-order valence-electron chi connectivity index (χ1n) is 10.3. The molecule has 0 aliphatic heterocycles. The number of fused-ring (bicyclic) bond motifs is 1. The van der Waals surface area contributed by atoms with E-state index < -0.39 is 5.60 Å². The number of H-pyrrole nitrogens is 1. The van der Waals surface area contributed by atoms with E-state index in [-0.39, 0.29) is 0 Å². The third kappa shape index (κ3) is 4.31. The average molecular weight is 401 g/mol. The zero-order valence-electron chi connectivity index (χ0n) is 17.7. The molecule has 0 aliphatic rings. The summed E-state index contributed by atoms with van der Waals surface area (Å²) < 4.78 is 0. The third-order valence-electron chi connectivity index (χ3n) is 5.37. The molecule has 4 N–H and O–H groups in total. The van der Waals surface area contributed by atoms with Crippen LogP contribution in [-0.4, -0.2) is 21.6 Å². The first kappa shape index (κ1) is 20.0. The second-order valence-electron chi connectivity index (χ2n) is 8.17. The Morgan fingerprint density at radius 3 is 2.57 bits per heavy atom. The van der Waals surface area contributed by atoms with Crippen molar-refractivity contribution in [3.8, 4) is 0 Å². The van der Waals surface area contributed by atoms with Crippen molar-refractivity contribution < 1.29 is 5.11 Å². The molecule has 0 bridgehead atoms. The Morgan fingerprint density at radius 1 is 1.03 bits per heavy atom. The summed E-state index contributed by atoms with van der Waals surface area (Å²) in [5.74, 6) is 0. The third-order valence-corrected chi connectivity index (χ3v) is 5.37. The monoisotopic (exact) mass is 400 g/mol. The van der Waals surface area contributed by atoms with Crippen molar-refractivity contribution in [2.24, 2.45) is 0 Å². The maximum atomic E-state index is 10.4. The topological polar surface area (TPSA) is 73.0 Å². The first-order chi connectivity index (χ1) is 14.4. The Morgan fingerprint density at radius 2 is 1.83 bits per heavy atom. The number of aromatic nitrogens is 2. The van der Waals surface area contributed by atoms with Crippen LogP contribution in [0.15, 0.2) is 67.1 Å². The molecular weight excluding hydrogens is 372 g/mol. The smallest absolute Gasteiger partial charge is 0.0860 e. The van der Waals surface area contributed by atoms with E-state index in [1.54, 1.807) is 12.4 Å². The molecule has 0 radical (unpaired) electrons. The number of aryl methyl sites for hydroxylation is 1. The van der Waals surface area contributed by atoms with E-state index in [2.05, 4.69) is 58.0 Å². The van der Waals surface area contributed by atoms with Crippen LogP contribution < -0.4 is 10.6 Å². The minimum absolute atomic E-state index is 0.831. The largest absolute Gasteiger partial charge is 0.386 e. The zero-order valence-corrected chi connectivity index (χ0v) is 17.7. The van der Waals surface area contributed by atoms with Crippen LogP contribution in [-0.2, 0) is 12.0 Å². The molecule has 4 rings (SSSR count). The summed E-state index contributed by atoms with van der Waals surface area (Å²) in [7, 11) is 0. The molecule has 154 valence electrons. The number of aliphatic hydroxyl groups is 1. The van der Waals surface area contributed by atoms with E-state index in [0.29, 0.717) is 0 Å². The number of hydrogen-bond acceptors (Lipinski definition) is 4. The second-order valence-corrected chi connectivity index (χ2v) is 8.17. The minimum atomic E-state index is -0.872. The predicted octanol–water partition coefficient (Wildman–Crippen LogP) is 5.50. The van der Waals surface area contributed by atoms with Crippen LogP contribution in [0, 0.1) is 6.92 Å². The Kier molecular flexibility index (Phi) is 5.46. The number of aromatic amines is 1. The van der Waals surface area contributed by atoms with Crippen molar-refractivity contribution >= 4 is 28.0 Å². The number of hydrogen-bond donors (Lipinski definition) is 4. The lowest BCUT2D eigenvalue weighted by Crippen LogP contribution is -2.15. The van der Waals surface area contributed by atoms with E-state index in [9.17, 15) is 5.11 Å². The Balaban J connectivity index is 1.42. The fourth-order valence-electron chi connectivity index (χ4n) is 3.80. The van der Waals surface area contributed by atoms with Crippen LogP contribution >= 0.6 is 0 Å². The van der Waals surface area contributed by atoms with Gasteiger partial charge in [-0.05, 0) is 68.7 Å². The normalized spacial score (nSPS) is 11.6. The highest BCUT2D eigenvalue weighted by molar-refractivity contribution is 5.86. The number of nitrogens with one attached hydrogen (secondary N) is 3. The standard InChI is InChI=1S/C25H28N4O/c1-17-15-20(29-19-10-12-26-13-11-19)7-8-23(17)27-14-9-18-16-28-24-21(18)5-4-6-22(24)25(2,3)30/h4-8,10-13,15-16,27-28,30H,9,14H2,1-3H3,(H,26,29). The van der Waals surface area contributed by atoms with Gasteiger partial charge in [0.2, 0.25) is 0 Å². The van der Waals surface area contributed by atoms with Gasteiger partial charge in [0.1, 0.15) is 0 Å². The molecule has 0 unspecified atom stereocenters. The van der Waals surface area contributed by atoms with Gasteiger partial charge in [0, 0.05) is 53.1 Å². The molecule has 2 aromatic heterocycles. The number of nitrogens with zero attached hydrogens (tertiary/aromatic N) is 1. The predicted molar refractivity (Wildman–Crippen MR) is 124 cm³/mol. The molecule has 30 heavy (non-hydrogen) atoms. The van der Waals surface area contributed by atoms with Gasteiger partial charge in [0.25, 0.3) is 0 Å². The van der Waals surface area contributed by atoms with Gasteiger partial charge >= 0.3 is 0 Å². The van der Waals surface area contributed by atoms with Crippen LogP contribution in [0.3, 0.4) is 0 Å². The van der Waals surface area contributed by atoms with Crippen LogP contribution in [0.1, 0.15) is 30.5 Å². The summed E-state index contributed by atoms with van der Waals surface area (Å²) in [5, 5.41) is 18.5. The van der Waals surface area contributed by atoms with Gasteiger partial charge < -0.3 is 20.7 Å². The van der Waals surface area contributed by atoms with Crippen LogP contribution in [0.4, 0.5) is 17.1 Å². The molecule has 2 heterocycles. The Hall–Kier alpha value is -3.31. The van der Waals surface area contributed by atoms with E-state index in [1.165, 1.54) is 16.5 Å². The van der Waals surface area contributed by atoms with Crippen LogP contribution in [0.5, 0.6) is 0 Å². The lowest BCUT2D eigenvalue weighted by atomic mass is 9.95. The summed E-state index contributed by atoms with van der Waals surface area (Å²) in [6, 6.07) is 16.3. The molecule has 5 nitrogen and oxygen atoms in total. The van der Waals surface area contributed by atoms with Gasteiger partial charge in [0.15, 0.2) is 0 Å². The number of pyridine rings is 1. The summed E-state index contributed by atoms with van der Waals surface area (Å²) in [6.07, 6.45) is 6.50. The van der Waals surface area contributed by atoms with Crippen molar-refractivity contribution in [1.29, 1.82) is 0 Å². The van der Waals surface area contributed by atoms with Gasteiger partial charge in [-0.3, -0.25) is 4.98 Å². The number of benzene rings is 2. The number of rotatable bonds is 7. The Bertz CT molecular complexity index is 1140. The van der Waals surface area contributed by atoms with Crippen molar-refractivity contribution in [2.45, 2.75) is 32.8 Å². The van der Waals surface area contributed by atoms with Crippen molar-refractivity contribution in [1.82, 2.24) is 9.97 Å². The van der Waals surface area contributed by atoms with Crippen LogP contribution in [0.2, 0.25) is 0 Å². The maximum absolute atomic E-state index is 10.4. The highest BCUT2D eigenvalue weighted by Crippen LogP contribution is 2.30. The molecule has 0 spiro atoms. The fraction of sp³-hybridized carbons (Fsp3) is 0.240. The SMILES string of the molecule is Cc1cc(Nc2ccncc2)ccc1NCCc1c[nH]c2c(C(C)(C)O)cccc12. The number of para-hydroxylation sites is 1. The Labute approximate surface area is 177 Å². The van der Waals surface area contributed by atoms with Gasteiger partial charge in [-0.25, -0.2) is 0 Å². The second kappa shape index (κ2) is 8.20. The van der Waals surface area contributed by atoms with E-state index in [1.807, 2.05) is 38.1 Å². The summed E-state index contributed by atoms with van der Waals surface area (Å²) in [5.41, 5.74) is 6.72. The molecule has 0 amide bonds. The lowest BCUT2D eigenvalue weighted by molar-refractivity contribution is 0.0800. The number of anilines is 3. The van der Waals surface area contributed by atoms with E-state index in [4.69, 9.17) is 0 Å². The van der Waals surface area contributed by atoms with Gasteiger partial charge in [-0.15, -0.1) is 0 Å². The van der Waals surface area contributed by atoms with Crippen molar-refractivity contribution in [2.75, 3.05) is 17.2 Å². The quantitative estimate of drug-likeness (QED) is 0.331. The highest BCUT2D eigenvalue weighted by atomic mass is 16.3. The average Bonchev–Trinajstić information content (AvgIpc) is 3.13. The highest BCUT2D eigenvalue weighted by Gasteiger charge is 2.20. The summed E-state index contributed by atoms with van der Waals surface area (Å²) >= 11 is 0. The molecule has 0 aliphatic carbocycles. The van der Waals surface area contributed by atoms with Gasteiger partial charge in [0.05, 0.1) is 11.1 Å². The molecule has 2 aromatic carbocycles. The molecule has 0 saturated heterocycles. The summed E-state index contributed by atoms with van der Waals surface area (Å²) in [6.45, 7) is 6.58. The van der Waals surface area contributed by atoms with Gasteiger partial charge in [-0.2, -0.15) is 0 Å². The molecule has 0 fully saturated rings. The molecule has 4 aromatic rings. The summed E-state index contributed by atoms with van der Waals surface area (Å²) in [4.78, 5) is 7.40. The van der Waals surface area contributed by atoms with E-state index in [0.717, 1.165) is 41.1 Å².